The highest BCUT2D eigenvalue weighted by atomic mass is 35.5. The lowest BCUT2D eigenvalue weighted by atomic mass is 10.2. The van der Waals surface area contributed by atoms with E-state index in [0.29, 0.717) is 28.1 Å². The van der Waals surface area contributed by atoms with Gasteiger partial charge in [0.1, 0.15) is 0 Å². The molecule has 0 unspecified atom stereocenters. The van der Waals surface area contributed by atoms with Crippen molar-refractivity contribution in [2.24, 2.45) is 0 Å². The zero-order chi connectivity index (χ0) is 10.8. The molecule has 2 rings (SSSR count). The van der Waals surface area contributed by atoms with Gasteiger partial charge in [0.05, 0.1) is 18.0 Å². The second-order valence-electron chi connectivity index (χ2n) is 2.87. The van der Waals surface area contributed by atoms with Crippen LogP contribution in [0.25, 0.3) is 10.9 Å². The van der Waals surface area contributed by atoms with Gasteiger partial charge in [0, 0.05) is 5.02 Å². The van der Waals surface area contributed by atoms with E-state index in [4.69, 9.17) is 16.3 Å². The van der Waals surface area contributed by atoms with Crippen LogP contribution in [0.15, 0.2) is 18.2 Å². The summed E-state index contributed by atoms with van der Waals surface area (Å²) in [5, 5.41) is 1.26. The van der Waals surface area contributed by atoms with Gasteiger partial charge in [0.25, 0.3) is 0 Å². The summed E-state index contributed by atoms with van der Waals surface area (Å²) in [6.45, 7) is 0. The molecular formula is C10H7ClN2O2. The lowest BCUT2D eigenvalue weighted by molar-refractivity contribution is 0.111. The molecule has 0 spiro atoms. The van der Waals surface area contributed by atoms with Crippen LogP contribution in [0.2, 0.25) is 5.02 Å². The van der Waals surface area contributed by atoms with Crippen molar-refractivity contribution in [3.8, 4) is 5.88 Å². The molecule has 1 aromatic heterocycles. The van der Waals surface area contributed by atoms with Crippen molar-refractivity contribution >= 4 is 28.8 Å². The monoisotopic (exact) mass is 222 g/mol. The number of aldehydes is 1. The maximum Gasteiger partial charge on any atom is 0.224 e. The third kappa shape index (κ3) is 1.76. The predicted molar refractivity (Wildman–Crippen MR) is 56.5 cm³/mol. The third-order valence-electron chi connectivity index (χ3n) is 1.94. The molecule has 0 saturated heterocycles. The zero-order valence-corrected chi connectivity index (χ0v) is 8.65. The number of nitrogens with zero attached hydrogens (tertiary/aromatic N) is 2. The minimum absolute atomic E-state index is 0.0988. The third-order valence-corrected chi connectivity index (χ3v) is 2.17. The van der Waals surface area contributed by atoms with Gasteiger partial charge in [-0.05, 0) is 18.2 Å². The van der Waals surface area contributed by atoms with E-state index >= 15 is 0 Å². The number of aromatic nitrogens is 2. The summed E-state index contributed by atoms with van der Waals surface area (Å²) in [7, 11) is 1.48. The first-order valence-corrected chi connectivity index (χ1v) is 4.59. The maximum atomic E-state index is 10.6. The molecule has 0 aliphatic carbocycles. The fourth-order valence-corrected chi connectivity index (χ4v) is 1.47. The predicted octanol–water partition coefficient (Wildman–Crippen LogP) is 2.10. The highest BCUT2D eigenvalue weighted by Gasteiger charge is 2.07. The van der Waals surface area contributed by atoms with Crippen molar-refractivity contribution in [1.29, 1.82) is 0 Å². The van der Waals surface area contributed by atoms with Crippen molar-refractivity contribution < 1.29 is 9.53 Å². The molecule has 15 heavy (non-hydrogen) atoms. The summed E-state index contributed by atoms with van der Waals surface area (Å²) in [5.74, 6) is 0.450. The minimum atomic E-state index is 0.0988. The van der Waals surface area contributed by atoms with E-state index in [2.05, 4.69) is 9.97 Å². The van der Waals surface area contributed by atoms with Crippen molar-refractivity contribution in [2.45, 2.75) is 0 Å². The Hall–Kier alpha value is -1.68. The Bertz CT molecular complexity index is 528. The zero-order valence-electron chi connectivity index (χ0n) is 7.90. The average Bonchev–Trinajstić information content (AvgIpc) is 2.27. The summed E-state index contributed by atoms with van der Waals surface area (Å²) in [6.07, 6.45) is 0.580. The second-order valence-corrected chi connectivity index (χ2v) is 3.31. The summed E-state index contributed by atoms with van der Waals surface area (Å²) < 4.78 is 5.06. The van der Waals surface area contributed by atoms with Crippen molar-refractivity contribution in [3.05, 3.63) is 29.0 Å². The highest BCUT2D eigenvalue weighted by molar-refractivity contribution is 6.31. The van der Waals surface area contributed by atoms with Crippen LogP contribution in [0.5, 0.6) is 5.88 Å². The van der Waals surface area contributed by atoms with E-state index in [1.807, 2.05) is 0 Å². The Morgan fingerprint density at radius 3 is 2.87 bits per heavy atom. The number of hydrogen-bond acceptors (Lipinski definition) is 4. The van der Waals surface area contributed by atoms with Crippen LogP contribution >= 0.6 is 11.6 Å². The Morgan fingerprint density at radius 2 is 2.20 bits per heavy atom. The molecule has 0 fully saturated rings. The molecule has 0 radical (unpaired) electrons. The molecule has 5 heteroatoms. The normalized spacial score (nSPS) is 10.3. The Labute approximate surface area is 90.9 Å². The lowest BCUT2D eigenvalue weighted by Crippen LogP contribution is -1.97. The molecule has 0 N–H and O–H groups in total. The van der Waals surface area contributed by atoms with Crippen LogP contribution in [0.1, 0.15) is 10.6 Å². The van der Waals surface area contributed by atoms with E-state index in [0.717, 1.165) is 0 Å². The van der Waals surface area contributed by atoms with Gasteiger partial charge in [0.2, 0.25) is 5.88 Å². The molecule has 4 nitrogen and oxygen atoms in total. The number of carbonyl (C=O) groups excluding carboxylic acids is 1. The van der Waals surface area contributed by atoms with E-state index in [-0.39, 0.29) is 5.82 Å². The van der Waals surface area contributed by atoms with Gasteiger partial charge < -0.3 is 4.74 Å². The molecule has 1 aromatic carbocycles. The number of rotatable bonds is 2. The smallest absolute Gasteiger partial charge is 0.224 e. The fraction of sp³-hybridized carbons (Fsp3) is 0.100. The molecule has 1 heterocycles. The van der Waals surface area contributed by atoms with E-state index < -0.39 is 0 Å². The number of hydrogen-bond donors (Lipinski definition) is 0. The molecule has 76 valence electrons. The van der Waals surface area contributed by atoms with Gasteiger partial charge in [-0.25, -0.2) is 4.98 Å². The second kappa shape index (κ2) is 3.82. The summed E-state index contributed by atoms with van der Waals surface area (Å²) in [6, 6.07) is 5.12. The van der Waals surface area contributed by atoms with Crippen LogP contribution in [0.4, 0.5) is 0 Å². The summed E-state index contributed by atoms with van der Waals surface area (Å²) >= 11 is 5.84. The molecular weight excluding hydrogens is 216 g/mol. The molecule has 0 atom stereocenters. The molecule has 0 aliphatic rings. The van der Waals surface area contributed by atoms with E-state index in [9.17, 15) is 4.79 Å². The molecule has 0 amide bonds. The van der Waals surface area contributed by atoms with Crippen molar-refractivity contribution in [2.75, 3.05) is 7.11 Å². The van der Waals surface area contributed by atoms with Crippen LogP contribution < -0.4 is 4.74 Å². The molecule has 0 bridgehead atoms. The number of fused-ring (bicyclic) bond motifs is 1. The molecule has 2 aromatic rings. The van der Waals surface area contributed by atoms with Crippen molar-refractivity contribution in [1.82, 2.24) is 9.97 Å². The quantitative estimate of drug-likeness (QED) is 0.731. The molecule has 0 aliphatic heterocycles. The van der Waals surface area contributed by atoms with Crippen LogP contribution in [-0.4, -0.2) is 23.4 Å². The van der Waals surface area contributed by atoms with Crippen LogP contribution in [0, 0.1) is 0 Å². The first-order chi connectivity index (χ1) is 7.24. The van der Waals surface area contributed by atoms with Gasteiger partial charge in [-0.15, -0.1) is 0 Å². The Morgan fingerprint density at radius 1 is 1.40 bits per heavy atom. The fourth-order valence-electron chi connectivity index (χ4n) is 1.30. The Balaban J connectivity index is 2.80. The van der Waals surface area contributed by atoms with Gasteiger partial charge in [-0.3, -0.25) is 4.79 Å². The summed E-state index contributed by atoms with van der Waals surface area (Å²) in [4.78, 5) is 18.5. The first kappa shape index (κ1) is 9.86. The standard InChI is InChI=1S/C10H7ClN2O2/c1-15-10-7-4-6(11)2-3-8(7)12-9(5-14)13-10/h2-5H,1H3. The average molecular weight is 223 g/mol. The van der Waals surface area contributed by atoms with Gasteiger partial charge >= 0.3 is 0 Å². The van der Waals surface area contributed by atoms with E-state index in [1.54, 1.807) is 18.2 Å². The van der Waals surface area contributed by atoms with Gasteiger partial charge in [-0.1, -0.05) is 11.6 Å². The minimum Gasteiger partial charge on any atom is -0.480 e. The molecule has 0 saturated carbocycles. The number of ether oxygens (including phenoxy) is 1. The van der Waals surface area contributed by atoms with Crippen LogP contribution in [0.3, 0.4) is 0 Å². The number of halogens is 1. The van der Waals surface area contributed by atoms with Crippen molar-refractivity contribution in [3.63, 3.8) is 0 Å². The maximum absolute atomic E-state index is 10.6. The van der Waals surface area contributed by atoms with Gasteiger partial charge in [-0.2, -0.15) is 4.98 Å². The SMILES string of the molecule is COc1nc(C=O)nc2ccc(Cl)cc12. The van der Waals surface area contributed by atoms with E-state index in [1.165, 1.54) is 7.11 Å². The topological polar surface area (TPSA) is 52.1 Å². The number of methoxy groups -OCH3 is 1. The lowest BCUT2D eigenvalue weighted by Gasteiger charge is -2.04. The number of carbonyl (C=O) groups is 1. The van der Waals surface area contributed by atoms with Crippen LogP contribution in [-0.2, 0) is 0 Å². The Kier molecular flexibility index (Phi) is 2.51. The van der Waals surface area contributed by atoms with Gasteiger partial charge in [0.15, 0.2) is 12.1 Å². The summed E-state index contributed by atoms with van der Waals surface area (Å²) in [5.41, 5.74) is 0.633. The highest BCUT2D eigenvalue weighted by Crippen LogP contribution is 2.24. The largest absolute Gasteiger partial charge is 0.480 e. The number of benzene rings is 1. The first-order valence-electron chi connectivity index (χ1n) is 4.21.